The molecule has 1 heterocycles. The topological polar surface area (TPSA) is 13.1 Å². The van der Waals surface area contributed by atoms with Crippen LogP contribution in [0.2, 0.25) is 0 Å². The van der Waals surface area contributed by atoms with Crippen molar-refractivity contribution in [3.63, 3.8) is 0 Å². The van der Waals surface area contributed by atoms with E-state index in [9.17, 15) is 0 Å². The van der Waals surface area contributed by atoms with Gasteiger partial charge in [0, 0.05) is 48.7 Å². The maximum Gasteiger partial charge on any atom is 0.142 e. The third-order valence-corrected chi connectivity index (χ3v) is 23.6. The van der Waals surface area contributed by atoms with Crippen LogP contribution in [0.15, 0.2) is 359 Å². The van der Waals surface area contributed by atoms with Crippen molar-refractivity contribution >= 4 is 172 Å². The molecule has 1 aromatic heterocycles. The predicted molar refractivity (Wildman–Crippen MR) is 460 cm³/mol. The average Bonchev–Trinajstić information content (AvgIpc) is 1.56. The molecule has 0 bridgehead atoms. The molecule has 0 unspecified atom stereocenters. The molecule has 0 fully saturated rings. The Balaban J connectivity index is 0.000000103. The third-order valence-electron chi connectivity index (χ3n) is 20.1. The molecule has 7 heteroatoms. The monoisotopic (exact) mass is 1700 g/mol. The Hall–Kier alpha value is -9.80. The first-order valence-corrected chi connectivity index (χ1v) is 38.9. The van der Waals surface area contributed by atoms with Crippen molar-refractivity contribution in [1.82, 2.24) is 0 Å². The summed E-state index contributed by atoms with van der Waals surface area (Å²) in [6.45, 7) is 0. The Morgan fingerprint density at radius 2 is 0.485 bits per heavy atom. The summed E-state index contributed by atoms with van der Waals surface area (Å²) < 4.78 is 13.0. The van der Waals surface area contributed by atoms with Gasteiger partial charge < -0.3 is 4.42 Å². The van der Waals surface area contributed by atoms with Crippen molar-refractivity contribution in [3.8, 4) is 112 Å². The molecule has 3 aliphatic rings. The van der Waals surface area contributed by atoms with Gasteiger partial charge in [0.15, 0.2) is 0 Å². The predicted octanol–water partition coefficient (Wildman–Crippen LogP) is 31.6. The highest BCUT2D eigenvalue weighted by atomic mass is 79.9. The van der Waals surface area contributed by atoms with Crippen molar-refractivity contribution in [3.05, 3.63) is 366 Å². The van der Waals surface area contributed by atoms with Crippen LogP contribution in [0.5, 0.6) is 0 Å². The Morgan fingerprint density at radius 1 is 0.184 bits per heavy atom. The molecule has 1 nitrogen and oxygen atoms in total. The second-order valence-corrected chi connectivity index (χ2v) is 31.2. The second-order valence-electron chi connectivity index (χ2n) is 25.9. The molecule has 0 spiro atoms. The number of furan rings is 1. The van der Waals surface area contributed by atoms with E-state index in [0.717, 1.165) is 55.8 Å². The van der Waals surface area contributed by atoms with Crippen molar-refractivity contribution < 1.29 is 4.42 Å². The van der Waals surface area contributed by atoms with Crippen LogP contribution in [0, 0.1) is 0 Å². The van der Waals surface area contributed by atoms with Crippen molar-refractivity contribution in [2.45, 2.75) is 0 Å². The molecular formula is C96H56Br6O. The van der Waals surface area contributed by atoms with Gasteiger partial charge in [0.1, 0.15) is 11.5 Å². The summed E-state index contributed by atoms with van der Waals surface area (Å²) in [5.41, 5.74) is 25.6. The molecule has 103 heavy (non-hydrogen) atoms. The van der Waals surface area contributed by atoms with E-state index in [1.165, 1.54) is 158 Å². The van der Waals surface area contributed by atoms with E-state index >= 15 is 0 Å². The van der Waals surface area contributed by atoms with Crippen molar-refractivity contribution in [2.24, 2.45) is 0 Å². The summed E-state index contributed by atoms with van der Waals surface area (Å²) in [5.74, 6) is 1.83. The minimum atomic E-state index is 0.913. The highest BCUT2D eigenvalue weighted by molar-refractivity contribution is 9.11. The zero-order valence-corrected chi connectivity index (χ0v) is 64.5. The van der Waals surface area contributed by atoms with Gasteiger partial charge in [-0.15, -0.1) is 0 Å². The smallest absolute Gasteiger partial charge is 0.142 e. The summed E-state index contributed by atoms with van der Waals surface area (Å²) >= 11 is 22.3. The Bertz CT molecular complexity index is 6220. The normalized spacial score (nSPS) is 11.7. The van der Waals surface area contributed by atoms with E-state index in [2.05, 4.69) is 399 Å². The Kier molecular flexibility index (Phi) is 17.4. The number of hydrogen-bond donors (Lipinski definition) is 0. The lowest BCUT2D eigenvalue weighted by molar-refractivity contribution is 0.602. The molecule has 18 aromatic rings. The molecule has 0 saturated carbocycles. The zero-order chi connectivity index (χ0) is 69.4. The van der Waals surface area contributed by atoms with Crippen LogP contribution < -0.4 is 0 Å². The lowest BCUT2D eigenvalue weighted by atomic mass is 9.82. The summed E-state index contributed by atoms with van der Waals surface area (Å²) in [5, 5.41) is 15.2. The zero-order valence-electron chi connectivity index (χ0n) is 55.0. The summed E-state index contributed by atoms with van der Waals surface area (Å²) in [4.78, 5) is 0. The number of fused-ring (bicyclic) bond motifs is 9. The van der Waals surface area contributed by atoms with Crippen LogP contribution in [0.25, 0.3) is 188 Å². The van der Waals surface area contributed by atoms with Crippen LogP contribution in [-0.4, -0.2) is 0 Å². The lowest BCUT2D eigenvalue weighted by Gasteiger charge is -2.20. The van der Waals surface area contributed by atoms with Gasteiger partial charge in [-0.1, -0.05) is 375 Å². The fraction of sp³-hybridized carbons (Fsp3) is 0. The van der Waals surface area contributed by atoms with Crippen LogP contribution in [0.3, 0.4) is 0 Å². The maximum absolute atomic E-state index is 6.27. The number of benzene rings is 17. The summed E-state index contributed by atoms with van der Waals surface area (Å²) in [7, 11) is 0. The molecule has 17 aromatic carbocycles. The molecule has 0 radical (unpaired) electrons. The summed E-state index contributed by atoms with van der Waals surface area (Å²) in [6.07, 6.45) is 4.34. The molecule has 488 valence electrons. The summed E-state index contributed by atoms with van der Waals surface area (Å²) in [6, 6.07) is 117. The molecule has 0 atom stereocenters. The van der Waals surface area contributed by atoms with Gasteiger partial charge in [-0.05, 0) is 215 Å². The average molecular weight is 1700 g/mol. The van der Waals surface area contributed by atoms with Crippen LogP contribution in [-0.2, 0) is 0 Å². The van der Waals surface area contributed by atoms with Gasteiger partial charge in [-0.3, -0.25) is 0 Å². The van der Waals surface area contributed by atoms with Gasteiger partial charge in [0.25, 0.3) is 0 Å². The number of rotatable bonds is 6. The van der Waals surface area contributed by atoms with Crippen LogP contribution in [0.4, 0.5) is 0 Å². The minimum absolute atomic E-state index is 0.913. The van der Waals surface area contributed by atoms with Crippen LogP contribution in [0.1, 0.15) is 11.1 Å². The van der Waals surface area contributed by atoms with E-state index in [0.29, 0.717) is 0 Å². The number of halogens is 6. The van der Waals surface area contributed by atoms with E-state index in [1.54, 1.807) is 0 Å². The fourth-order valence-electron chi connectivity index (χ4n) is 15.8. The first-order valence-electron chi connectivity index (χ1n) is 34.1. The first kappa shape index (κ1) is 65.2. The Labute approximate surface area is 647 Å². The quantitative estimate of drug-likeness (QED) is 0.162. The molecule has 21 rings (SSSR count). The van der Waals surface area contributed by atoms with E-state index in [-0.39, 0.29) is 0 Å². The highest BCUT2D eigenvalue weighted by Crippen LogP contribution is 2.61. The van der Waals surface area contributed by atoms with Crippen molar-refractivity contribution in [1.29, 1.82) is 0 Å². The molecule has 0 N–H and O–H groups in total. The van der Waals surface area contributed by atoms with Gasteiger partial charge in [-0.25, -0.2) is 0 Å². The molecular weight excluding hydrogens is 1650 g/mol. The van der Waals surface area contributed by atoms with Crippen LogP contribution >= 0.6 is 95.6 Å². The molecule has 0 saturated heterocycles. The molecule has 3 aliphatic carbocycles. The fourth-order valence-corrected chi connectivity index (χ4v) is 18.3. The second kappa shape index (κ2) is 27.4. The minimum Gasteiger partial charge on any atom is -0.455 e. The van der Waals surface area contributed by atoms with Crippen molar-refractivity contribution in [2.75, 3.05) is 0 Å². The maximum atomic E-state index is 6.27. The largest absolute Gasteiger partial charge is 0.455 e. The molecule has 0 aliphatic heterocycles. The van der Waals surface area contributed by atoms with E-state index in [1.807, 2.05) is 36.4 Å². The SMILES string of the molecule is Brc1ccc2c(-c3ccccc3)c3c(c(-c4ccccc4)c2c1)-c1ccc(Br)c2cccc-3c12.Brc1ccc2c(-c3ccccc3)c3c(c(-c4ccccc4)c2c1)-c1cccc2c(Br)ccc-3c12.Brc1ccc2c(-c3ccccc3)oc(-c3ccccc3)c2c1.Brc1ccc2c3c(cccc13)C=C2. The van der Waals surface area contributed by atoms with E-state index in [4.69, 9.17) is 4.42 Å². The van der Waals surface area contributed by atoms with Gasteiger partial charge in [-0.2, -0.15) is 0 Å². The third kappa shape index (κ3) is 11.5. The highest BCUT2D eigenvalue weighted by Gasteiger charge is 2.33. The Morgan fingerprint density at radius 3 is 0.883 bits per heavy atom. The standard InChI is InChI=1S/2C32H18Br2.C20H13BrO.C12H7Br/c33-21-14-15-22-26(18-21)29(20-10-5-2-6-11-20)31-24-13-7-12-23-27(34)17-16-25(30(23)24)32(31)28(22)19-8-3-1-4-9-19;33-21-14-15-22-26(18-21)29(20-10-5-2-6-11-20)32-25-16-17-27(34)23-12-7-13-24(30(23)25)31(32)28(22)19-8-3-1-4-9-19;21-16-11-12-17-18(13-16)20(15-9-5-2-6-10-15)22-19(17)14-7-3-1-4-8-14;13-11-7-6-9-5-4-8-2-1-3-10(11)12(8)9/h2*1-18H;1-13H;1-7H. The van der Waals surface area contributed by atoms with Gasteiger partial charge >= 0.3 is 0 Å². The molecule has 0 amide bonds. The van der Waals surface area contributed by atoms with Gasteiger partial charge in [0.2, 0.25) is 0 Å². The lowest BCUT2D eigenvalue weighted by Crippen LogP contribution is -1.93. The first-order chi connectivity index (χ1) is 50.6. The number of hydrogen-bond acceptors (Lipinski definition) is 1. The van der Waals surface area contributed by atoms with E-state index < -0.39 is 0 Å². The van der Waals surface area contributed by atoms with Gasteiger partial charge in [0.05, 0.1) is 0 Å².